The molecule has 1 aliphatic rings. The molecule has 1 aromatic carbocycles. The van der Waals surface area contributed by atoms with E-state index in [1.807, 2.05) is 13.8 Å². The average Bonchev–Trinajstić information content (AvgIpc) is 3.54. The predicted octanol–water partition coefficient (Wildman–Crippen LogP) is 6.14. The molecule has 3 atom stereocenters. The number of hydrogen-bond donors (Lipinski definition) is 1. The topological polar surface area (TPSA) is 73.9 Å². The van der Waals surface area contributed by atoms with Crippen LogP contribution in [0.3, 0.4) is 0 Å². The monoisotopic (exact) mass is 447 g/mol. The van der Waals surface area contributed by atoms with Gasteiger partial charge in [0.1, 0.15) is 17.4 Å². The Hall–Kier alpha value is -2.24. The molecule has 0 aromatic heterocycles. The van der Waals surface area contributed by atoms with Crippen molar-refractivity contribution in [2.24, 2.45) is 11.8 Å². The average molecular weight is 448 g/mol. The van der Waals surface area contributed by atoms with E-state index in [9.17, 15) is 9.59 Å². The van der Waals surface area contributed by atoms with Crippen molar-refractivity contribution in [3.63, 3.8) is 0 Å². The summed E-state index contributed by atoms with van der Waals surface area (Å²) in [6, 6.07) is 5.45. The lowest BCUT2D eigenvalue weighted by molar-refractivity contribution is -0.154. The van der Waals surface area contributed by atoms with Gasteiger partial charge in [0, 0.05) is 0 Å². The van der Waals surface area contributed by atoms with E-state index in [-0.39, 0.29) is 18.6 Å². The van der Waals surface area contributed by atoms with Gasteiger partial charge in [-0.2, -0.15) is 0 Å². The summed E-state index contributed by atoms with van der Waals surface area (Å²) >= 11 is 0. The highest BCUT2D eigenvalue weighted by atomic mass is 16.7. The van der Waals surface area contributed by atoms with E-state index in [4.69, 9.17) is 14.2 Å². The third-order valence-electron chi connectivity index (χ3n) is 6.06. The first kappa shape index (κ1) is 26.0. The molecular formula is C26H41NO5. The third-order valence-corrected chi connectivity index (χ3v) is 6.06. The lowest BCUT2D eigenvalue weighted by Crippen LogP contribution is -2.47. The number of carbonyl (C=O) groups excluding carboxylic acids is 2. The summed E-state index contributed by atoms with van der Waals surface area (Å²) in [6.07, 6.45) is 2.56. The number of esters is 1. The third kappa shape index (κ3) is 7.42. The molecule has 1 fully saturated rings. The van der Waals surface area contributed by atoms with Gasteiger partial charge in [0.25, 0.3) is 0 Å². The normalized spacial score (nSPS) is 16.8. The maximum atomic E-state index is 12.8. The van der Waals surface area contributed by atoms with Gasteiger partial charge in [0.2, 0.25) is 6.79 Å². The molecule has 6 heteroatoms. The van der Waals surface area contributed by atoms with Crippen molar-refractivity contribution in [2.75, 3.05) is 6.79 Å². The van der Waals surface area contributed by atoms with E-state index >= 15 is 0 Å². The Morgan fingerprint density at radius 3 is 2.25 bits per heavy atom. The number of alkyl carbamates (subject to hydrolysis) is 1. The van der Waals surface area contributed by atoms with Crippen LogP contribution in [-0.4, -0.2) is 30.5 Å². The summed E-state index contributed by atoms with van der Waals surface area (Å²) in [4.78, 5) is 25.0. The van der Waals surface area contributed by atoms with Crippen molar-refractivity contribution >= 4 is 12.1 Å². The molecule has 1 N–H and O–H groups in total. The molecule has 0 spiro atoms. The smallest absolute Gasteiger partial charge is 0.408 e. The van der Waals surface area contributed by atoms with Gasteiger partial charge in [-0.15, -0.1) is 0 Å². The van der Waals surface area contributed by atoms with Crippen molar-refractivity contribution in [1.29, 1.82) is 0 Å². The van der Waals surface area contributed by atoms with Gasteiger partial charge in [0.05, 0.1) is 0 Å². The summed E-state index contributed by atoms with van der Waals surface area (Å²) in [5, 5.41) is 2.66. The number of hydrogen-bond acceptors (Lipinski definition) is 5. The fourth-order valence-corrected chi connectivity index (χ4v) is 3.74. The molecule has 2 rings (SSSR count). The van der Waals surface area contributed by atoms with E-state index < -0.39 is 23.7 Å². The zero-order valence-electron chi connectivity index (χ0n) is 21.0. The summed E-state index contributed by atoms with van der Waals surface area (Å²) in [6.45, 7) is 15.5. The van der Waals surface area contributed by atoms with E-state index in [2.05, 4.69) is 44.3 Å². The summed E-state index contributed by atoms with van der Waals surface area (Å²) < 4.78 is 16.8. The minimum Gasteiger partial charge on any atom is -0.457 e. The lowest BCUT2D eigenvalue weighted by Gasteiger charge is -2.26. The minimum atomic E-state index is -0.802. The van der Waals surface area contributed by atoms with E-state index in [1.165, 1.54) is 18.4 Å². The van der Waals surface area contributed by atoms with Gasteiger partial charge in [-0.25, -0.2) is 9.59 Å². The minimum absolute atomic E-state index is 0.108. The Bertz CT molecular complexity index is 779. The van der Waals surface area contributed by atoms with E-state index in [0.717, 1.165) is 11.3 Å². The maximum Gasteiger partial charge on any atom is 0.408 e. The Balaban J connectivity index is 2.08. The summed E-state index contributed by atoms with van der Waals surface area (Å²) in [7, 11) is 0. The molecule has 0 bridgehead atoms. The Morgan fingerprint density at radius 2 is 1.72 bits per heavy atom. The summed E-state index contributed by atoms with van der Waals surface area (Å²) in [5.74, 6) is 1.56. The zero-order valence-corrected chi connectivity index (χ0v) is 21.0. The molecule has 6 nitrogen and oxygen atoms in total. The van der Waals surface area contributed by atoms with Crippen molar-refractivity contribution < 1.29 is 23.8 Å². The number of amides is 1. The molecular weight excluding hydrogens is 406 g/mol. The van der Waals surface area contributed by atoms with Crippen LogP contribution in [0.4, 0.5) is 4.79 Å². The molecule has 32 heavy (non-hydrogen) atoms. The first-order valence-electron chi connectivity index (χ1n) is 11.9. The molecule has 0 aliphatic heterocycles. The second kappa shape index (κ2) is 11.1. The fraction of sp³-hybridized carbons (Fsp3) is 0.692. The molecule has 0 heterocycles. The first-order valence-corrected chi connectivity index (χ1v) is 11.9. The second-order valence-electron chi connectivity index (χ2n) is 10.3. The molecule has 0 radical (unpaired) electrons. The Morgan fingerprint density at radius 1 is 1.09 bits per heavy atom. The van der Waals surface area contributed by atoms with Crippen LogP contribution in [0.15, 0.2) is 18.2 Å². The summed E-state index contributed by atoms with van der Waals surface area (Å²) in [5.41, 5.74) is 1.63. The first-order chi connectivity index (χ1) is 14.9. The number of para-hydroxylation sites is 1. The van der Waals surface area contributed by atoms with Crippen LogP contribution in [0.5, 0.6) is 5.75 Å². The number of carbonyl (C=O) groups is 2. The molecule has 180 valence electrons. The van der Waals surface area contributed by atoms with Gasteiger partial charge in [-0.1, -0.05) is 59.2 Å². The van der Waals surface area contributed by atoms with Crippen LogP contribution in [0.2, 0.25) is 0 Å². The van der Waals surface area contributed by atoms with Crippen LogP contribution in [0, 0.1) is 11.8 Å². The second-order valence-corrected chi connectivity index (χ2v) is 10.3. The van der Waals surface area contributed by atoms with Gasteiger partial charge < -0.3 is 19.5 Å². The number of nitrogens with one attached hydrogen (secondary N) is 1. The van der Waals surface area contributed by atoms with Gasteiger partial charge in [0.15, 0.2) is 0 Å². The highest BCUT2D eigenvalue weighted by Gasteiger charge is 2.32. The lowest BCUT2D eigenvalue weighted by atomic mass is 9.90. The maximum absolute atomic E-state index is 12.8. The molecule has 1 aliphatic carbocycles. The van der Waals surface area contributed by atoms with Gasteiger partial charge in [-0.3, -0.25) is 0 Å². The van der Waals surface area contributed by atoms with Crippen LogP contribution in [-0.2, 0) is 14.3 Å². The van der Waals surface area contributed by atoms with Crippen LogP contribution < -0.4 is 10.1 Å². The molecule has 1 amide bonds. The van der Waals surface area contributed by atoms with Crippen molar-refractivity contribution in [3.05, 3.63) is 29.3 Å². The van der Waals surface area contributed by atoms with Gasteiger partial charge >= 0.3 is 12.1 Å². The SMILES string of the molecule is CCC(C)[C@H](NC(=O)OC(C)(C)C)C(=O)OCOc1c(C(C)C)cccc1[C@H](C)C1CC1. The Labute approximate surface area is 193 Å². The molecule has 1 saturated carbocycles. The largest absolute Gasteiger partial charge is 0.457 e. The standard InChI is InChI=1S/C26H41NO5/c1-9-17(4)22(27-25(29)32-26(6,7)8)24(28)31-15-30-23-20(16(2)3)11-10-12-21(23)18(5)19-13-14-19/h10-12,16-19,22H,9,13-15H2,1-8H3,(H,27,29)/t17?,18-,22+/m1/s1. The van der Waals surface area contributed by atoms with Crippen molar-refractivity contribution in [2.45, 2.75) is 98.1 Å². The number of ether oxygens (including phenoxy) is 3. The quantitative estimate of drug-likeness (QED) is 0.344. The van der Waals surface area contributed by atoms with Crippen LogP contribution in [0.25, 0.3) is 0 Å². The molecule has 1 unspecified atom stereocenters. The highest BCUT2D eigenvalue weighted by molar-refractivity contribution is 5.81. The molecule has 1 aromatic rings. The number of rotatable bonds is 10. The van der Waals surface area contributed by atoms with E-state index in [1.54, 1.807) is 20.8 Å². The van der Waals surface area contributed by atoms with Gasteiger partial charge in [-0.05, 0) is 68.4 Å². The highest BCUT2D eigenvalue weighted by Crippen LogP contribution is 2.46. The number of benzene rings is 1. The zero-order chi connectivity index (χ0) is 24.1. The van der Waals surface area contributed by atoms with E-state index in [0.29, 0.717) is 18.3 Å². The molecule has 0 saturated heterocycles. The fourth-order valence-electron chi connectivity index (χ4n) is 3.74. The van der Waals surface area contributed by atoms with Crippen molar-refractivity contribution in [3.8, 4) is 5.75 Å². The van der Waals surface area contributed by atoms with Crippen LogP contribution in [0.1, 0.15) is 97.6 Å². The Kier molecular flexibility index (Phi) is 8.99. The predicted molar refractivity (Wildman–Crippen MR) is 126 cm³/mol. The van der Waals surface area contributed by atoms with Crippen LogP contribution >= 0.6 is 0 Å². The van der Waals surface area contributed by atoms with Crippen molar-refractivity contribution in [1.82, 2.24) is 5.32 Å².